The topological polar surface area (TPSA) is 33.7 Å². The van der Waals surface area contributed by atoms with Crippen molar-refractivity contribution in [1.82, 2.24) is 5.32 Å². The molecule has 0 amide bonds. The van der Waals surface area contributed by atoms with Gasteiger partial charge in [-0.2, -0.15) is 0 Å². The number of ether oxygens (including phenoxy) is 2. The average molecular weight is 278 g/mol. The van der Waals surface area contributed by atoms with Gasteiger partial charge in [0.2, 0.25) is 0 Å². The Morgan fingerprint density at radius 2 is 2.00 bits per heavy atom. The molecule has 1 fully saturated rings. The molecule has 1 heterocycles. The SMILES string of the molecule is COc1ccc(N2CCC(C)NCC(C)C2)c(OC)c1. The first-order valence-electron chi connectivity index (χ1n) is 7.34. The normalized spacial score (nSPS) is 23.9. The molecule has 20 heavy (non-hydrogen) atoms. The summed E-state index contributed by atoms with van der Waals surface area (Å²) in [4.78, 5) is 2.43. The van der Waals surface area contributed by atoms with Crippen LogP contribution in [0.5, 0.6) is 11.5 Å². The lowest BCUT2D eigenvalue weighted by Crippen LogP contribution is -2.42. The summed E-state index contributed by atoms with van der Waals surface area (Å²) in [7, 11) is 3.40. The van der Waals surface area contributed by atoms with E-state index in [1.165, 1.54) is 0 Å². The molecule has 0 bridgehead atoms. The zero-order valence-corrected chi connectivity index (χ0v) is 13.0. The maximum absolute atomic E-state index is 5.54. The largest absolute Gasteiger partial charge is 0.497 e. The van der Waals surface area contributed by atoms with Gasteiger partial charge in [0, 0.05) is 25.2 Å². The summed E-state index contributed by atoms with van der Waals surface area (Å²) in [5.41, 5.74) is 1.16. The Labute approximate surface area is 122 Å². The number of nitrogens with zero attached hydrogens (tertiary/aromatic N) is 1. The summed E-state index contributed by atoms with van der Waals surface area (Å²) >= 11 is 0. The summed E-state index contributed by atoms with van der Waals surface area (Å²) in [5, 5.41) is 3.58. The van der Waals surface area contributed by atoms with Gasteiger partial charge in [-0.05, 0) is 37.9 Å². The lowest BCUT2D eigenvalue weighted by atomic mass is 10.1. The number of methoxy groups -OCH3 is 2. The van der Waals surface area contributed by atoms with Crippen LogP contribution in [0.25, 0.3) is 0 Å². The number of benzene rings is 1. The van der Waals surface area contributed by atoms with E-state index in [1.807, 2.05) is 12.1 Å². The molecule has 1 aromatic carbocycles. The molecule has 1 aliphatic rings. The molecule has 112 valence electrons. The zero-order chi connectivity index (χ0) is 14.5. The van der Waals surface area contributed by atoms with Gasteiger partial charge in [-0.25, -0.2) is 0 Å². The molecule has 1 saturated heterocycles. The van der Waals surface area contributed by atoms with Crippen LogP contribution in [0.4, 0.5) is 5.69 Å². The highest BCUT2D eigenvalue weighted by Gasteiger charge is 2.19. The average Bonchev–Trinajstić information content (AvgIpc) is 2.47. The van der Waals surface area contributed by atoms with E-state index in [9.17, 15) is 0 Å². The third kappa shape index (κ3) is 3.57. The molecule has 4 nitrogen and oxygen atoms in total. The van der Waals surface area contributed by atoms with Crippen LogP contribution in [0.2, 0.25) is 0 Å². The minimum Gasteiger partial charge on any atom is -0.497 e. The molecule has 2 atom stereocenters. The van der Waals surface area contributed by atoms with Crippen molar-refractivity contribution >= 4 is 5.69 Å². The second kappa shape index (κ2) is 6.84. The molecule has 1 aliphatic heterocycles. The highest BCUT2D eigenvalue weighted by molar-refractivity contribution is 5.61. The van der Waals surface area contributed by atoms with Gasteiger partial charge in [0.25, 0.3) is 0 Å². The van der Waals surface area contributed by atoms with Crippen molar-refractivity contribution in [3.63, 3.8) is 0 Å². The fourth-order valence-electron chi connectivity index (χ4n) is 2.65. The van der Waals surface area contributed by atoms with Crippen LogP contribution in [-0.4, -0.2) is 39.9 Å². The smallest absolute Gasteiger partial charge is 0.145 e. The standard InChI is InChI=1S/C16H26N2O2/c1-12-10-17-13(2)7-8-18(11-12)15-6-5-14(19-3)9-16(15)20-4/h5-6,9,12-13,17H,7-8,10-11H2,1-4H3. The van der Waals surface area contributed by atoms with E-state index in [2.05, 4.69) is 30.1 Å². The molecule has 0 spiro atoms. The van der Waals surface area contributed by atoms with Crippen LogP contribution in [0.3, 0.4) is 0 Å². The van der Waals surface area contributed by atoms with Crippen LogP contribution in [0.1, 0.15) is 20.3 Å². The third-order valence-corrected chi connectivity index (χ3v) is 3.91. The van der Waals surface area contributed by atoms with Crippen molar-refractivity contribution in [2.75, 3.05) is 38.8 Å². The Kier molecular flexibility index (Phi) is 5.12. The first kappa shape index (κ1) is 15.0. The molecule has 0 aliphatic carbocycles. The second-order valence-electron chi connectivity index (χ2n) is 5.69. The van der Waals surface area contributed by atoms with Crippen molar-refractivity contribution < 1.29 is 9.47 Å². The summed E-state index contributed by atoms with van der Waals surface area (Å²) in [6.45, 7) is 7.69. The van der Waals surface area contributed by atoms with Gasteiger partial charge < -0.3 is 19.7 Å². The fourth-order valence-corrected chi connectivity index (χ4v) is 2.65. The molecule has 2 rings (SSSR count). The summed E-state index contributed by atoms with van der Waals surface area (Å²) < 4.78 is 10.8. The van der Waals surface area contributed by atoms with E-state index >= 15 is 0 Å². The van der Waals surface area contributed by atoms with Gasteiger partial charge in [-0.3, -0.25) is 0 Å². The van der Waals surface area contributed by atoms with Gasteiger partial charge in [0.05, 0.1) is 19.9 Å². The van der Waals surface area contributed by atoms with E-state index in [4.69, 9.17) is 9.47 Å². The van der Waals surface area contributed by atoms with Crippen LogP contribution in [0, 0.1) is 5.92 Å². The van der Waals surface area contributed by atoms with E-state index in [0.717, 1.165) is 43.2 Å². The van der Waals surface area contributed by atoms with Gasteiger partial charge in [0.15, 0.2) is 0 Å². The zero-order valence-electron chi connectivity index (χ0n) is 13.0. The number of hydrogen-bond acceptors (Lipinski definition) is 4. The molecule has 0 aromatic heterocycles. The first-order chi connectivity index (χ1) is 9.63. The molecule has 1 aromatic rings. The van der Waals surface area contributed by atoms with Crippen LogP contribution in [-0.2, 0) is 0 Å². The molecule has 1 N–H and O–H groups in total. The van der Waals surface area contributed by atoms with Gasteiger partial charge in [-0.15, -0.1) is 0 Å². The molecule has 4 heteroatoms. The lowest BCUT2D eigenvalue weighted by Gasteiger charge is -2.33. The number of hydrogen-bond donors (Lipinski definition) is 1. The van der Waals surface area contributed by atoms with Crippen molar-refractivity contribution in [2.45, 2.75) is 26.3 Å². The van der Waals surface area contributed by atoms with Crippen molar-refractivity contribution in [1.29, 1.82) is 0 Å². The third-order valence-electron chi connectivity index (χ3n) is 3.91. The van der Waals surface area contributed by atoms with Crippen molar-refractivity contribution in [2.24, 2.45) is 5.92 Å². The predicted molar refractivity (Wildman–Crippen MR) is 83.0 cm³/mol. The predicted octanol–water partition coefficient (Wildman–Crippen LogP) is 2.53. The van der Waals surface area contributed by atoms with Gasteiger partial charge >= 0.3 is 0 Å². The van der Waals surface area contributed by atoms with E-state index in [-0.39, 0.29) is 0 Å². The highest BCUT2D eigenvalue weighted by atomic mass is 16.5. The monoisotopic (exact) mass is 278 g/mol. The Hall–Kier alpha value is -1.42. The summed E-state index contributed by atoms with van der Waals surface area (Å²) in [5.74, 6) is 2.34. The van der Waals surface area contributed by atoms with Crippen LogP contribution < -0.4 is 19.7 Å². The maximum Gasteiger partial charge on any atom is 0.145 e. The first-order valence-corrected chi connectivity index (χ1v) is 7.34. The van der Waals surface area contributed by atoms with Gasteiger partial charge in [0.1, 0.15) is 11.5 Å². The lowest BCUT2D eigenvalue weighted by molar-refractivity contribution is 0.387. The minimum absolute atomic E-state index is 0.560. The minimum atomic E-state index is 0.560. The number of nitrogens with one attached hydrogen (secondary N) is 1. The van der Waals surface area contributed by atoms with Gasteiger partial charge in [-0.1, -0.05) is 6.92 Å². The molecular formula is C16H26N2O2. The molecule has 2 unspecified atom stereocenters. The van der Waals surface area contributed by atoms with Crippen LogP contribution >= 0.6 is 0 Å². The number of anilines is 1. The quantitative estimate of drug-likeness (QED) is 0.921. The van der Waals surface area contributed by atoms with Crippen molar-refractivity contribution in [3.8, 4) is 11.5 Å². The second-order valence-corrected chi connectivity index (χ2v) is 5.69. The summed E-state index contributed by atoms with van der Waals surface area (Å²) in [6.07, 6.45) is 1.14. The Morgan fingerprint density at radius 3 is 2.70 bits per heavy atom. The van der Waals surface area contributed by atoms with E-state index in [1.54, 1.807) is 14.2 Å². The molecule has 0 saturated carbocycles. The summed E-state index contributed by atoms with van der Waals surface area (Å²) in [6, 6.07) is 6.62. The van der Waals surface area contributed by atoms with Crippen LogP contribution in [0.15, 0.2) is 18.2 Å². The number of rotatable bonds is 3. The Balaban J connectivity index is 2.23. The molecule has 0 radical (unpaired) electrons. The van der Waals surface area contributed by atoms with E-state index < -0.39 is 0 Å². The maximum atomic E-state index is 5.54. The van der Waals surface area contributed by atoms with E-state index in [0.29, 0.717) is 12.0 Å². The van der Waals surface area contributed by atoms with Crippen molar-refractivity contribution in [3.05, 3.63) is 18.2 Å². The Morgan fingerprint density at radius 1 is 1.20 bits per heavy atom. The fraction of sp³-hybridized carbons (Fsp3) is 0.625. The molecular weight excluding hydrogens is 252 g/mol. The Bertz CT molecular complexity index is 436. The highest BCUT2D eigenvalue weighted by Crippen LogP contribution is 2.33.